The highest BCUT2D eigenvalue weighted by atomic mass is 32.2. The number of carbonyl (C=O) groups is 3. The smallest absolute Gasteiger partial charge is 0.262 e. The lowest BCUT2D eigenvalue weighted by molar-refractivity contribution is -0.119. The van der Waals surface area contributed by atoms with E-state index in [1.807, 2.05) is 0 Å². The van der Waals surface area contributed by atoms with E-state index in [0.717, 1.165) is 4.90 Å². The number of imide groups is 1. The van der Waals surface area contributed by atoms with Crippen LogP contribution in [-0.2, 0) is 21.4 Å². The fourth-order valence-electron chi connectivity index (χ4n) is 3.33. The van der Waals surface area contributed by atoms with Crippen molar-refractivity contribution >= 4 is 33.4 Å². The minimum Gasteiger partial charge on any atom is -0.468 e. The molecule has 3 aromatic rings. The summed E-state index contributed by atoms with van der Waals surface area (Å²) in [6, 6.07) is 14.2. The third-order valence-electron chi connectivity index (χ3n) is 5.02. The maximum absolute atomic E-state index is 12.7. The van der Waals surface area contributed by atoms with Gasteiger partial charge in [0.1, 0.15) is 11.8 Å². The topological polar surface area (TPSA) is 126 Å². The second kappa shape index (κ2) is 8.40. The zero-order chi connectivity index (χ0) is 22.9. The molecule has 1 aromatic heterocycles. The van der Waals surface area contributed by atoms with E-state index in [0.29, 0.717) is 5.76 Å². The summed E-state index contributed by atoms with van der Waals surface area (Å²) in [6.45, 7) is 1.41. The van der Waals surface area contributed by atoms with Gasteiger partial charge in [0.05, 0.1) is 28.8 Å². The number of amides is 3. The van der Waals surface area contributed by atoms with E-state index in [4.69, 9.17) is 4.42 Å². The molecule has 1 atom stereocenters. The second-order valence-corrected chi connectivity index (χ2v) is 8.89. The van der Waals surface area contributed by atoms with E-state index in [2.05, 4.69) is 10.0 Å². The van der Waals surface area contributed by atoms with Gasteiger partial charge in [-0.15, -0.1) is 0 Å². The zero-order valence-electron chi connectivity index (χ0n) is 16.9. The van der Waals surface area contributed by atoms with Crippen LogP contribution in [0.15, 0.2) is 76.2 Å². The molecule has 32 heavy (non-hydrogen) atoms. The van der Waals surface area contributed by atoms with E-state index in [1.54, 1.807) is 24.3 Å². The lowest BCUT2D eigenvalue weighted by Gasteiger charge is -2.21. The molecule has 0 saturated carbocycles. The summed E-state index contributed by atoms with van der Waals surface area (Å²) in [6.07, 6.45) is 1.44. The van der Waals surface area contributed by atoms with E-state index in [1.165, 1.54) is 49.6 Å². The van der Waals surface area contributed by atoms with Crippen molar-refractivity contribution in [3.8, 4) is 0 Å². The van der Waals surface area contributed by atoms with Crippen LogP contribution >= 0.6 is 0 Å². The Hall–Kier alpha value is -3.76. The first-order valence-corrected chi connectivity index (χ1v) is 11.2. The van der Waals surface area contributed by atoms with Gasteiger partial charge in [0.25, 0.3) is 11.8 Å². The van der Waals surface area contributed by atoms with Crippen molar-refractivity contribution in [1.29, 1.82) is 0 Å². The molecule has 0 fully saturated rings. The van der Waals surface area contributed by atoms with Gasteiger partial charge in [0.2, 0.25) is 15.9 Å². The molecule has 0 radical (unpaired) electrons. The van der Waals surface area contributed by atoms with Crippen LogP contribution in [0.25, 0.3) is 0 Å². The Bertz CT molecular complexity index is 1270. The van der Waals surface area contributed by atoms with E-state index >= 15 is 0 Å². The predicted octanol–water partition coefficient (Wildman–Crippen LogP) is 2.38. The third-order valence-corrected chi connectivity index (χ3v) is 6.42. The quantitative estimate of drug-likeness (QED) is 0.529. The maximum atomic E-state index is 12.7. The average Bonchev–Trinajstić information content (AvgIpc) is 3.39. The van der Waals surface area contributed by atoms with Crippen molar-refractivity contribution in [2.45, 2.75) is 24.4 Å². The summed E-state index contributed by atoms with van der Waals surface area (Å²) >= 11 is 0. The largest absolute Gasteiger partial charge is 0.468 e. The molecule has 0 aliphatic carbocycles. The van der Waals surface area contributed by atoms with Gasteiger partial charge in [-0.2, -0.15) is 0 Å². The molecule has 0 bridgehead atoms. The van der Waals surface area contributed by atoms with Gasteiger partial charge in [-0.3, -0.25) is 19.3 Å². The summed E-state index contributed by atoms with van der Waals surface area (Å²) in [5.74, 6) is -1.27. The third kappa shape index (κ3) is 4.05. The van der Waals surface area contributed by atoms with E-state index in [9.17, 15) is 22.8 Å². The number of fused-ring (bicyclic) bond motifs is 1. The van der Waals surface area contributed by atoms with Gasteiger partial charge in [0, 0.05) is 5.69 Å². The SMILES string of the molecule is C[C@@H](C(=O)Nc1cccc(S(=O)(=O)NCc2ccco2)c1)N1C(=O)c2ccccc2C1=O. The summed E-state index contributed by atoms with van der Waals surface area (Å²) in [5.41, 5.74) is 0.695. The molecule has 0 unspecified atom stereocenters. The number of nitrogens with one attached hydrogen (secondary N) is 2. The highest BCUT2D eigenvalue weighted by Crippen LogP contribution is 2.25. The van der Waals surface area contributed by atoms with Crippen LogP contribution < -0.4 is 10.0 Å². The van der Waals surface area contributed by atoms with Gasteiger partial charge in [-0.25, -0.2) is 13.1 Å². The number of nitrogens with zero attached hydrogens (tertiary/aromatic N) is 1. The Morgan fingerprint density at radius 1 is 1.00 bits per heavy atom. The lowest BCUT2D eigenvalue weighted by Crippen LogP contribution is -2.45. The van der Waals surface area contributed by atoms with Crippen molar-refractivity contribution < 1.29 is 27.2 Å². The molecule has 3 amide bonds. The number of rotatable bonds is 7. The van der Waals surface area contributed by atoms with E-state index in [-0.39, 0.29) is 28.3 Å². The van der Waals surface area contributed by atoms with Gasteiger partial charge >= 0.3 is 0 Å². The molecule has 0 spiro atoms. The molecule has 1 aliphatic heterocycles. The first-order valence-electron chi connectivity index (χ1n) is 9.68. The summed E-state index contributed by atoms with van der Waals surface area (Å²) in [4.78, 5) is 38.8. The van der Waals surface area contributed by atoms with Crippen LogP contribution in [0, 0.1) is 0 Å². The first kappa shape index (κ1) is 21.5. The van der Waals surface area contributed by atoms with Crippen LogP contribution in [-0.4, -0.2) is 37.1 Å². The number of sulfonamides is 1. The molecule has 164 valence electrons. The van der Waals surface area contributed by atoms with E-state index < -0.39 is 33.8 Å². The number of benzene rings is 2. The number of furan rings is 1. The molecule has 1 aliphatic rings. The number of anilines is 1. The predicted molar refractivity (Wildman–Crippen MR) is 114 cm³/mol. The lowest BCUT2D eigenvalue weighted by atomic mass is 10.1. The molecule has 9 nitrogen and oxygen atoms in total. The Balaban J connectivity index is 1.47. The molecular weight excluding hydrogens is 434 g/mol. The Morgan fingerprint density at radius 3 is 2.31 bits per heavy atom. The minimum atomic E-state index is -3.86. The first-order chi connectivity index (χ1) is 15.3. The Kier molecular flexibility index (Phi) is 5.64. The molecule has 2 aromatic carbocycles. The number of carbonyl (C=O) groups excluding carboxylic acids is 3. The maximum Gasteiger partial charge on any atom is 0.262 e. The number of hydrogen-bond donors (Lipinski definition) is 2. The molecule has 0 saturated heterocycles. The zero-order valence-corrected chi connectivity index (χ0v) is 17.8. The van der Waals surface area contributed by atoms with Gasteiger partial charge < -0.3 is 9.73 Å². The monoisotopic (exact) mass is 453 g/mol. The summed E-state index contributed by atoms with van der Waals surface area (Å²) < 4.78 is 32.6. The van der Waals surface area contributed by atoms with Crippen molar-refractivity contribution in [3.63, 3.8) is 0 Å². The fourth-order valence-corrected chi connectivity index (χ4v) is 4.37. The minimum absolute atomic E-state index is 0.0251. The van der Waals surface area contributed by atoms with Crippen molar-refractivity contribution in [2.75, 3.05) is 5.32 Å². The summed E-state index contributed by atoms with van der Waals surface area (Å²) in [7, 11) is -3.86. The highest BCUT2D eigenvalue weighted by Gasteiger charge is 2.40. The Labute approximate surface area is 184 Å². The number of hydrogen-bond acceptors (Lipinski definition) is 6. The van der Waals surface area contributed by atoms with Crippen LogP contribution in [0.4, 0.5) is 5.69 Å². The van der Waals surface area contributed by atoms with Gasteiger partial charge in [0.15, 0.2) is 0 Å². The van der Waals surface area contributed by atoms with Gasteiger partial charge in [-0.05, 0) is 49.4 Å². The Morgan fingerprint density at radius 2 is 1.69 bits per heavy atom. The van der Waals surface area contributed by atoms with Crippen molar-refractivity contribution in [2.24, 2.45) is 0 Å². The fraction of sp³-hybridized carbons (Fsp3) is 0.136. The van der Waals surface area contributed by atoms with Crippen LogP contribution in [0.5, 0.6) is 0 Å². The second-order valence-electron chi connectivity index (χ2n) is 7.12. The van der Waals surface area contributed by atoms with Crippen LogP contribution in [0.3, 0.4) is 0 Å². The van der Waals surface area contributed by atoms with Crippen LogP contribution in [0.2, 0.25) is 0 Å². The van der Waals surface area contributed by atoms with Crippen molar-refractivity contribution in [1.82, 2.24) is 9.62 Å². The average molecular weight is 453 g/mol. The van der Waals surface area contributed by atoms with Crippen LogP contribution in [0.1, 0.15) is 33.4 Å². The molecule has 2 N–H and O–H groups in total. The highest BCUT2D eigenvalue weighted by molar-refractivity contribution is 7.89. The van der Waals surface area contributed by atoms with Gasteiger partial charge in [-0.1, -0.05) is 18.2 Å². The standard InChI is InChI=1S/C22H19N3O6S/c1-14(25-21(27)18-9-2-3-10-19(18)22(25)28)20(26)24-15-6-4-8-17(12-15)32(29,30)23-13-16-7-5-11-31-16/h2-12,14,23H,13H2,1H3,(H,24,26)/t14-/m0/s1. The molecule has 4 rings (SSSR count). The molecule has 10 heteroatoms. The molecular formula is C22H19N3O6S. The normalized spacial score (nSPS) is 14.3. The molecule has 2 heterocycles. The van der Waals surface area contributed by atoms with Crippen molar-refractivity contribution in [3.05, 3.63) is 83.8 Å². The summed E-state index contributed by atoms with van der Waals surface area (Å²) in [5, 5.41) is 2.57.